The second kappa shape index (κ2) is 14.1. The monoisotopic (exact) mass is 637 g/mol. The van der Waals surface area contributed by atoms with E-state index in [0.29, 0.717) is 30.8 Å². The average molecular weight is 638 g/mol. The Kier molecular flexibility index (Phi) is 9.11. The number of likely N-dealkylation sites (tertiary alicyclic amines) is 1. The van der Waals surface area contributed by atoms with E-state index in [4.69, 9.17) is 0 Å². The number of fused-ring (bicyclic) bond motifs is 1. The summed E-state index contributed by atoms with van der Waals surface area (Å²) in [7, 11) is 0. The summed E-state index contributed by atoms with van der Waals surface area (Å²) in [5.74, 6) is -0.189. The number of piperidine rings is 1. The molecule has 0 saturated carbocycles. The van der Waals surface area contributed by atoms with Crippen LogP contribution in [0.15, 0.2) is 110 Å². The molecule has 1 aliphatic heterocycles. The molecule has 4 heterocycles. The number of para-hydroxylation sites is 1. The molecule has 3 aromatic heterocycles. The van der Waals surface area contributed by atoms with Gasteiger partial charge in [0, 0.05) is 66.4 Å². The summed E-state index contributed by atoms with van der Waals surface area (Å²) in [4.78, 5) is 40.9. The van der Waals surface area contributed by atoms with Crippen LogP contribution in [0.1, 0.15) is 46.6 Å². The summed E-state index contributed by atoms with van der Waals surface area (Å²) in [6.07, 6.45) is 10.5. The highest BCUT2D eigenvalue weighted by molar-refractivity contribution is 6.03. The number of carbonyl (C=O) groups is 2. The number of nitrogens with one attached hydrogen (secondary N) is 3. The number of anilines is 1. The summed E-state index contributed by atoms with van der Waals surface area (Å²) in [6.45, 7) is 4.35. The van der Waals surface area contributed by atoms with Crippen LogP contribution in [0.2, 0.25) is 0 Å². The zero-order valence-electron chi connectivity index (χ0n) is 27.0. The lowest BCUT2D eigenvalue weighted by Crippen LogP contribution is -2.47. The number of nitrogens with zero attached hydrogens (tertiary/aromatic N) is 4. The molecule has 1 saturated heterocycles. The second-order valence-electron chi connectivity index (χ2n) is 12.6. The fraction of sp³-hybridized carbons (Fsp3) is 0.231. The summed E-state index contributed by atoms with van der Waals surface area (Å²) in [5.41, 5.74) is 8.14. The number of H-pyrrole nitrogens is 1. The lowest BCUT2D eigenvalue weighted by atomic mass is 10.0. The van der Waals surface area contributed by atoms with Crippen LogP contribution in [0.3, 0.4) is 0 Å². The number of amides is 2. The van der Waals surface area contributed by atoms with E-state index in [9.17, 15) is 9.59 Å². The molecule has 0 bridgehead atoms. The van der Waals surface area contributed by atoms with E-state index in [2.05, 4.69) is 48.7 Å². The minimum Gasteiger partial charge on any atom is -0.361 e. The van der Waals surface area contributed by atoms with Gasteiger partial charge in [-0.15, -0.1) is 0 Å². The Balaban J connectivity index is 1.03. The molecule has 242 valence electrons. The van der Waals surface area contributed by atoms with Crippen molar-refractivity contribution >= 4 is 28.4 Å². The number of hydrogen-bond acceptors (Lipinski definition) is 5. The van der Waals surface area contributed by atoms with E-state index in [1.165, 1.54) is 10.9 Å². The van der Waals surface area contributed by atoms with E-state index >= 15 is 0 Å². The van der Waals surface area contributed by atoms with Crippen molar-refractivity contribution in [3.05, 3.63) is 132 Å². The van der Waals surface area contributed by atoms with E-state index < -0.39 is 0 Å². The third-order valence-corrected chi connectivity index (χ3v) is 8.92. The Morgan fingerprint density at radius 2 is 1.81 bits per heavy atom. The molecule has 48 heavy (non-hydrogen) atoms. The Bertz CT molecular complexity index is 2050. The average Bonchev–Trinajstić information content (AvgIpc) is 3.74. The highest BCUT2D eigenvalue weighted by Crippen LogP contribution is 2.24. The van der Waals surface area contributed by atoms with Gasteiger partial charge in [-0.05, 0) is 91.4 Å². The standard InChI is InChI=1S/C39H39N7O2/c1-27-23-46(26-42-27)34-19-28(18-33(21-34)44-39(48)37-20-30(15-16-40-37)29-8-3-2-4-9-29)24-45-17-7-10-32(25-45)43-38(47)14-13-31-22-41-36-12-6-5-11-35(31)36/h2-6,8-9,11-12,15-16,18-23,26,32,41H,7,10,13-14,17,24-25H2,1H3,(H,43,47)(H,44,48). The fourth-order valence-corrected chi connectivity index (χ4v) is 6.57. The molecule has 0 aliphatic carbocycles. The first-order valence-corrected chi connectivity index (χ1v) is 16.5. The first kappa shape index (κ1) is 31.1. The van der Waals surface area contributed by atoms with Crippen molar-refractivity contribution in [3.63, 3.8) is 0 Å². The van der Waals surface area contributed by atoms with Crippen LogP contribution in [0.4, 0.5) is 5.69 Å². The lowest BCUT2D eigenvalue weighted by Gasteiger charge is -2.33. The molecule has 1 fully saturated rings. The van der Waals surface area contributed by atoms with Crippen molar-refractivity contribution in [2.75, 3.05) is 18.4 Å². The van der Waals surface area contributed by atoms with E-state index in [1.54, 1.807) is 12.5 Å². The van der Waals surface area contributed by atoms with Gasteiger partial charge in [0.2, 0.25) is 5.91 Å². The summed E-state index contributed by atoms with van der Waals surface area (Å²) in [5, 5.41) is 7.56. The molecule has 6 aromatic rings. The fourth-order valence-electron chi connectivity index (χ4n) is 6.57. The number of hydrogen-bond donors (Lipinski definition) is 3. The van der Waals surface area contributed by atoms with Gasteiger partial charge in [0.1, 0.15) is 5.69 Å². The predicted molar refractivity (Wildman–Crippen MR) is 189 cm³/mol. The first-order valence-electron chi connectivity index (χ1n) is 16.5. The van der Waals surface area contributed by atoms with Crippen molar-refractivity contribution < 1.29 is 9.59 Å². The van der Waals surface area contributed by atoms with E-state index in [1.807, 2.05) is 90.6 Å². The SMILES string of the molecule is Cc1cn(-c2cc(CN3CCCC(NC(=O)CCc4c[nH]c5ccccc45)C3)cc(NC(=O)c3cc(-c4ccccc4)ccn3)c2)cn1. The number of pyridine rings is 1. The number of aromatic nitrogens is 4. The molecule has 1 atom stereocenters. The van der Waals surface area contributed by atoms with Crippen LogP contribution in [0.25, 0.3) is 27.7 Å². The molecule has 1 unspecified atom stereocenters. The van der Waals surface area contributed by atoms with Crippen LogP contribution < -0.4 is 10.6 Å². The minimum atomic E-state index is -0.272. The van der Waals surface area contributed by atoms with Gasteiger partial charge in [0.15, 0.2) is 0 Å². The summed E-state index contributed by atoms with van der Waals surface area (Å²) >= 11 is 0. The largest absolute Gasteiger partial charge is 0.361 e. The number of benzene rings is 3. The Labute approximate surface area is 280 Å². The molecular weight excluding hydrogens is 598 g/mol. The summed E-state index contributed by atoms with van der Waals surface area (Å²) < 4.78 is 1.97. The van der Waals surface area contributed by atoms with Crippen molar-refractivity contribution in [1.29, 1.82) is 0 Å². The van der Waals surface area contributed by atoms with Gasteiger partial charge in [-0.2, -0.15) is 0 Å². The van der Waals surface area contributed by atoms with E-state index in [0.717, 1.165) is 59.5 Å². The van der Waals surface area contributed by atoms with Gasteiger partial charge in [-0.1, -0.05) is 48.5 Å². The van der Waals surface area contributed by atoms with Gasteiger partial charge < -0.3 is 20.2 Å². The van der Waals surface area contributed by atoms with Gasteiger partial charge in [0.25, 0.3) is 5.91 Å². The first-order chi connectivity index (χ1) is 23.5. The smallest absolute Gasteiger partial charge is 0.274 e. The van der Waals surface area contributed by atoms with Crippen molar-refractivity contribution in [1.82, 2.24) is 29.7 Å². The minimum absolute atomic E-state index is 0.0829. The third kappa shape index (κ3) is 7.37. The maximum atomic E-state index is 13.4. The number of rotatable bonds is 10. The third-order valence-electron chi connectivity index (χ3n) is 8.92. The van der Waals surface area contributed by atoms with Crippen molar-refractivity contribution in [2.24, 2.45) is 0 Å². The molecule has 9 nitrogen and oxygen atoms in total. The normalized spacial score (nSPS) is 15.0. The number of aryl methyl sites for hydroxylation is 2. The van der Waals surface area contributed by atoms with Crippen molar-refractivity contribution in [3.8, 4) is 16.8 Å². The number of imidazole rings is 1. The van der Waals surface area contributed by atoms with Crippen LogP contribution in [0.5, 0.6) is 0 Å². The summed E-state index contributed by atoms with van der Waals surface area (Å²) in [6, 6.07) is 28.1. The van der Waals surface area contributed by atoms with Gasteiger partial charge in [-0.3, -0.25) is 19.5 Å². The molecule has 2 amide bonds. The van der Waals surface area contributed by atoms with Crippen molar-refractivity contribution in [2.45, 2.75) is 45.2 Å². The zero-order valence-corrected chi connectivity index (χ0v) is 27.0. The van der Waals surface area contributed by atoms with Gasteiger partial charge >= 0.3 is 0 Å². The molecule has 0 radical (unpaired) electrons. The molecular formula is C39H39N7O2. The molecule has 3 aromatic carbocycles. The highest BCUT2D eigenvalue weighted by Gasteiger charge is 2.22. The zero-order chi connectivity index (χ0) is 32.9. The van der Waals surface area contributed by atoms with Gasteiger partial charge in [-0.25, -0.2) is 4.98 Å². The number of aromatic amines is 1. The molecule has 3 N–H and O–H groups in total. The molecule has 0 spiro atoms. The highest BCUT2D eigenvalue weighted by atomic mass is 16.2. The lowest BCUT2D eigenvalue weighted by molar-refractivity contribution is -0.122. The van der Waals surface area contributed by atoms with Crippen LogP contribution in [-0.4, -0.2) is 55.4 Å². The second-order valence-corrected chi connectivity index (χ2v) is 12.6. The topological polar surface area (TPSA) is 108 Å². The number of carbonyl (C=O) groups excluding carboxylic acids is 2. The predicted octanol–water partition coefficient (Wildman–Crippen LogP) is 6.69. The van der Waals surface area contributed by atoms with Gasteiger partial charge in [0.05, 0.1) is 12.0 Å². The van der Waals surface area contributed by atoms with Crippen LogP contribution in [-0.2, 0) is 17.8 Å². The quantitative estimate of drug-likeness (QED) is 0.155. The van der Waals surface area contributed by atoms with Crippen LogP contribution >= 0.6 is 0 Å². The molecule has 7 rings (SSSR count). The van der Waals surface area contributed by atoms with Crippen LogP contribution in [0, 0.1) is 6.92 Å². The maximum Gasteiger partial charge on any atom is 0.274 e. The Morgan fingerprint density at radius 1 is 0.958 bits per heavy atom. The Morgan fingerprint density at radius 3 is 2.67 bits per heavy atom. The van der Waals surface area contributed by atoms with E-state index in [-0.39, 0.29) is 17.9 Å². The Hall–Kier alpha value is -5.54. The molecule has 1 aliphatic rings. The maximum absolute atomic E-state index is 13.4. The molecule has 9 heteroatoms.